The van der Waals surface area contributed by atoms with Crippen LogP contribution in [0.4, 0.5) is 4.39 Å². The van der Waals surface area contributed by atoms with E-state index in [1.54, 1.807) is 0 Å². The van der Waals surface area contributed by atoms with Crippen LogP contribution in [0.1, 0.15) is 31.2 Å². The molecule has 0 spiro atoms. The van der Waals surface area contributed by atoms with Gasteiger partial charge in [-0.1, -0.05) is 18.6 Å². The van der Waals surface area contributed by atoms with Gasteiger partial charge in [0, 0.05) is 38.6 Å². The Morgan fingerprint density at radius 1 is 1.05 bits per heavy atom. The van der Waals surface area contributed by atoms with Crippen LogP contribution in [-0.2, 0) is 11.3 Å². The minimum atomic E-state index is -0.188. The van der Waals surface area contributed by atoms with E-state index in [9.17, 15) is 9.18 Å². The van der Waals surface area contributed by atoms with Crippen molar-refractivity contribution in [2.24, 2.45) is 5.92 Å². The van der Waals surface area contributed by atoms with Gasteiger partial charge < -0.3 is 4.90 Å². The third-order valence-electron chi connectivity index (χ3n) is 4.67. The molecule has 0 bridgehead atoms. The molecule has 0 atom stereocenters. The first-order valence-corrected chi connectivity index (χ1v) is 7.98. The molecule has 2 fully saturated rings. The van der Waals surface area contributed by atoms with Gasteiger partial charge in [-0.3, -0.25) is 9.69 Å². The zero-order valence-corrected chi connectivity index (χ0v) is 12.4. The molecular weight excluding hydrogens is 267 g/mol. The molecule has 114 valence electrons. The van der Waals surface area contributed by atoms with Gasteiger partial charge in [-0.2, -0.15) is 0 Å². The highest BCUT2D eigenvalue weighted by atomic mass is 19.1. The highest BCUT2D eigenvalue weighted by Crippen LogP contribution is 2.28. The minimum Gasteiger partial charge on any atom is -0.341 e. The quantitative estimate of drug-likeness (QED) is 0.854. The first-order valence-electron chi connectivity index (χ1n) is 7.98. The standard InChI is InChI=1S/C17H23FN2O/c18-16-7-5-14(6-8-16)13-19-9-2-10-20(12-11-19)17(21)15-3-1-4-15/h5-8,15H,1-4,9-13H2. The lowest BCUT2D eigenvalue weighted by Crippen LogP contribution is -2.41. The second-order valence-electron chi connectivity index (χ2n) is 6.21. The van der Waals surface area contributed by atoms with Crippen molar-refractivity contribution in [1.29, 1.82) is 0 Å². The molecule has 1 saturated heterocycles. The van der Waals surface area contributed by atoms with Crippen molar-refractivity contribution in [1.82, 2.24) is 9.80 Å². The summed E-state index contributed by atoms with van der Waals surface area (Å²) in [6, 6.07) is 6.72. The summed E-state index contributed by atoms with van der Waals surface area (Å²) in [5.41, 5.74) is 1.13. The van der Waals surface area contributed by atoms with Crippen LogP contribution in [0, 0.1) is 11.7 Å². The maximum absolute atomic E-state index is 12.9. The summed E-state index contributed by atoms with van der Waals surface area (Å²) in [5, 5.41) is 0. The fourth-order valence-corrected chi connectivity index (χ4v) is 3.11. The van der Waals surface area contributed by atoms with Gasteiger partial charge in [0.25, 0.3) is 0 Å². The molecular formula is C17H23FN2O. The number of halogens is 1. The molecule has 2 aliphatic rings. The highest BCUT2D eigenvalue weighted by molar-refractivity contribution is 5.79. The van der Waals surface area contributed by atoms with Crippen molar-refractivity contribution >= 4 is 5.91 Å². The molecule has 1 aliphatic carbocycles. The molecule has 0 N–H and O–H groups in total. The SMILES string of the molecule is O=C(C1CCC1)N1CCCN(Cc2ccc(F)cc2)CC1. The lowest BCUT2D eigenvalue weighted by atomic mass is 9.84. The van der Waals surface area contributed by atoms with Gasteiger partial charge in [-0.15, -0.1) is 0 Å². The summed E-state index contributed by atoms with van der Waals surface area (Å²) < 4.78 is 12.9. The molecule has 0 radical (unpaired) electrons. The highest BCUT2D eigenvalue weighted by Gasteiger charge is 2.30. The lowest BCUT2D eigenvalue weighted by Gasteiger charge is -2.31. The third kappa shape index (κ3) is 3.62. The molecule has 4 heteroatoms. The third-order valence-corrected chi connectivity index (χ3v) is 4.67. The Labute approximate surface area is 125 Å². The fourth-order valence-electron chi connectivity index (χ4n) is 3.11. The van der Waals surface area contributed by atoms with Crippen LogP contribution in [-0.4, -0.2) is 41.9 Å². The molecule has 3 nitrogen and oxygen atoms in total. The molecule has 21 heavy (non-hydrogen) atoms. The maximum atomic E-state index is 12.9. The molecule has 1 saturated carbocycles. The molecule has 0 aromatic heterocycles. The van der Waals surface area contributed by atoms with Gasteiger partial charge in [0.1, 0.15) is 5.82 Å². The number of carbonyl (C=O) groups is 1. The molecule has 0 unspecified atom stereocenters. The van der Waals surface area contributed by atoms with Gasteiger partial charge in [0.15, 0.2) is 0 Å². The predicted molar refractivity (Wildman–Crippen MR) is 80.2 cm³/mol. The molecule has 1 aliphatic heterocycles. The zero-order chi connectivity index (χ0) is 14.7. The van der Waals surface area contributed by atoms with Crippen LogP contribution in [0.3, 0.4) is 0 Å². The summed E-state index contributed by atoms with van der Waals surface area (Å²) >= 11 is 0. The monoisotopic (exact) mass is 290 g/mol. The Kier molecular flexibility index (Phi) is 4.54. The van der Waals surface area contributed by atoms with E-state index in [0.717, 1.165) is 57.5 Å². The number of hydrogen-bond donors (Lipinski definition) is 0. The number of hydrogen-bond acceptors (Lipinski definition) is 2. The predicted octanol–water partition coefficient (Wildman–Crippen LogP) is 2.66. The first kappa shape index (κ1) is 14.5. The topological polar surface area (TPSA) is 23.6 Å². The molecule has 1 amide bonds. The number of nitrogens with zero attached hydrogens (tertiary/aromatic N) is 2. The fraction of sp³-hybridized carbons (Fsp3) is 0.588. The summed E-state index contributed by atoms with van der Waals surface area (Å²) in [5.74, 6) is 0.477. The molecule has 3 rings (SSSR count). The van der Waals surface area contributed by atoms with Crippen molar-refractivity contribution in [3.63, 3.8) is 0 Å². The normalized spacial score (nSPS) is 20.9. The number of benzene rings is 1. The van der Waals surface area contributed by atoms with Crippen LogP contribution in [0.2, 0.25) is 0 Å². The van der Waals surface area contributed by atoms with Gasteiger partial charge in [0.2, 0.25) is 5.91 Å². The lowest BCUT2D eigenvalue weighted by molar-refractivity contribution is -0.138. The summed E-state index contributed by atoms with van der Waals surface area (Å²) in [7, 11) is 0. The van der Waals surface area contributed by atoms with Gasteiger partial charge in [-0.05, 0) is 37.0 Å². The van der Waals surface area contributed by atoms with Crippen LogP contribution < -0.4 is 0 Å². The van der Waals surface area contributed by atoms with E-state index in [4.69, 9.17) is 0 Å². The Balaban J connectivity index is 1.53. The van der Waals surface area contributed by atoms with Crippen LogP contribution >= 0.6 is 0 Å². The second kappa shape index (κ2) is 6.56. The number of rotatable bonds is 3. The molecule has 1 aromatic carbocycles. The van der Waals surface area contributed by atoms with Crippen molar-refractivity contribution in [3.05, 3.63) is 35.6 Å². The first-order chi connectivity index (χ1) is 10.2. The largest absolute Gasteiger partial charge is 0.341 e. The summed E-state index contributed by atoms with van der Waals surface area (Å²) in [6.45, 7) is 4.47. The number of amides is 1. The summed E-state index contributed by atoms with van der Waals surface area (Å²) in [4.78, 5) is 16.7. The van der Waals surface area contributed by atoms with Gasteiger partial charge >= 0.3 is 0 Å². The minimum absolute atomic E-state index is 0.188. The van der Waals surface area contributed by atoms with Crippen LogP contribution in [0.15, 0.2) is 24.3 Å². The average molecular weight is 290 g/mol. The van der Waals surface area contributed by atoms with Crippen molar-refractivity contribution in [3.8, 4) is 0 Å². The average Bonchev–Trinajstić information content (AvgIpc) is 2.65. The Hall–Kier alpha value is -1.42. The van der Waals surface area contributed by atoms with E-state index in [1.807, 2.05) is 12.1 Å². The Bertz CT molecular complexity index is 484. The number of carbonyl (C=O) groups excluding carboxylic acids is 1. The van der Waals surface area contributed by atoms with Gasteiger partial charge in [0.05, 0.1) is 0 Å². The van der Waals surface area contributed by atoms with E-state index in [2.05, 4.69) is 9.80 Å². The van der Waals surface area contributed by atoms with E-state index < -0.39 is 0 Å². The van der Waals surface area contributed by atoms with Crippen molar-refractivity contribution < 1.29 is 9.18 Å². The van der Waals surface area contributed by atoms with E-state index in [0.29, 0.717) is 11.8 Å². The second-order valence-corrected chi connectivity index (χ2v) is 6.21. The maximum Gasteiger partial charge on any atom is 0.225 e. The Morgan fingerprint density at radius 3 is 2.48 bits per heavy atom. The van der Waals surface area contributed by atoms with E-state index in [-0.39, 0.29) is 5.82 Å². The van der Waals surface area contributed by atoms with Gasteiger partial charge in [-0.25, -0.2) is 4.39 Å². The molecule has 1 heterocycles. The van der Waals surface area contributed by atoms with Crippen LogP contribution in [0.25, 0.3) is 0 Å². The van der Waals surface area contributed by atoms with E-state index in [1.165, 1.54) is 18.6 Å². The van der Waals surface area contributed by atoms with E-state index >= 15 is 0 Å². The summed E-state index contributed by atoms with van der Waals surface area (Å²) in [6.07, 6.45) is 4.39. The Morgan fingerprint density at radius 2 is 1.81 bits per heavy atom. The van der Waals surface area contributed by atoms with Crippen molar-refractivity contribution in [2.45, 2.75) is 32.2 Å². The van der Waals surface area contributed by atoms with Crippen LogP contribution in [0.5, 0.6) is 0 Å². The zero-order valence-electron chi connectivity index (χ0n) is 12.4. The molecule has 1 aromatic rings. The van der Waals surface area contributed by atoms with Crippen molar-refractivity contribution in [2.75, 3.05) is 26.2 Å². The smallest absolute Gasteiger partial charge is 0.225 e.